The number of aromatic nitrogens is 3. The van der Waals surface area contributed by atoms with E-state index in [-0.39, 0.29) is 12.0 Å². The Balaban J connectivity index is 1.66. The van der Waals surface area contributed by atoms with Crippen LogP contribution in [0.25, 0.3) is 21.9 Å². The third-order valence-electron chi connectivity index (χ3n) is 6.37. The second-order valence-electron chi connectivity index (χ2n) is 9.84. The molecule has 162 valence electrons. The molecule has 1 saturated carbocycles. The molecule has 3 aromatic heterocycles. The van der Waals surface area contributed by atoms with Crippen molar-refractivity contribution >= 4 is 30.0 Å². The van der Waals surface area contributed by atoms with Crippen molar-refractivity contribution in [3.63, 3.8) is 0 Å². The van der Waals surface area contributed by atoms with Crippen LogP contribution in [0.1, 0.15) is 31.7 Å². The smallest absolute Gasteiger partial charge is 0.190 e. The van der Waals surface area contributed by atoms with Gasteiger partial charge in [-0.3, -0.25) is 4.79 Å². The van der Waals surface area contributed by atoms with Crippen molar-refractivity contribution in [2.75, 3.05) is 13.2 Å². The van der Waals surface area contributed by atoms with E-state index in [0.29, 0.717) is 24.1 Å². The van der Waals surface area contributed by atoms with Crippen LogP contribution in [-0.4, -0.2) is 40.5 Å². The molecule has 3 aromatic rings. The van der Waals surface area contributed by atoms with Gasteiger partial charge in [0.15, 0.2) is 5.43 Å². The van der Waals surface area contributed by atoms with Crippen LogP contribution < -0.4 is 5.43 Å². The molecule has 1 fully saturated rings. The normalized spacial score (nSPS) is 20.3. The van der Waals surface area contributed by atoms with Crippen molar-refractivity contribution < 1.29 is 9.84 Å². The third-order valence-corrected chi connectivity index (χ3v) is 8.07. The zero-order valence-electron chi connectivity index (χ0n) is 18.3. The first-order chi connectivity index (χ1) is 14.4. The molecule has 0 atom stereocenters. The summed E-state index contributed by atoms with van der Waals surface area (Å²) in [6.07, 6.45) is 9.76. The Kier molecular flexibility index (Phi) is 6.13. The number of pyridine rings is 2. The summed E-state index contributed by atoms with van der Waals surface area (Å²) in [5, 5.41) is 11.1. The van der Waals surface area contributed by atoms with Gasteiger partial charge in [0.25, 0.3) is 0 Å². The van der Waals surface area contributed by atoms with E-state index in [4.69, 9.17) is 4.74 Å². The molecule has 30 heavy (non-hydrogen) atoms. The van der Waals surface area contributed by atoms with Crippen LogP contribution in [0, 0.1) is 5.92 Å². The molecule has 7 heteroatoms. The van der Waals surface area contributed by atoms with Gasteiger partial charge in [-0.05, 0) is 43.7 Å². The predicted molar refractivity (Wildman–Crippen MR) is 124 cm³/mol. The van der Waals surface area contributed by atoms with Crippen LogP contribution in [0.2, 0.25) is 25.7 Å². The minimum atomic E-state index is -1.11. The standard InChI is InChI=1S/C23H33N3O3Si/c1-30(2,3)13-12-29-16-25-10-8-19-22-20(14-24-23(19)25)21(28)9-11-26(22)18-6-4-17(15-27)5-7-18/h8-11,14,17-18,27H,4-7,12-13,15-16H2,1-3H3. The Morgan fingerprint density at radius 3 is 2.60 bits per heavy atom. The molecular formula is C23H33N3O3Si. The maximum Gasteiger partial charge on any atom is 0.190 e. The van der Waals surface area contributed by atoms with Gasteiger partial charge in [0.2, 0.25) is 0 Å². The predicted octanol–water partition coefficient (Wildman–Crippen LogP) is 4.39. The van der Waals surface area contributed by atoms with E-state index in [1.807, 2.05) is 17.0 Å². The van der Waals surface area contributed by atoms with Crippen molar-refractivity contribution in [3.8, 4) is 0 Å². The Bertz CT molecular complexity index is 1070. The van der Waals surface area contributed by atoms with Gasteiger partial charge < -0.3 is 19.0 Å². The number of fused-ring (bicyclic) bond motifs is 3. The fourth-order valence-electron chi connectivity index (χ4n) is 4.45. The fraction of sp³-hybridized carbons (Fsp3) is 0.565. The molecule has 1 N–H and O–H groups in total. The van der Waals surface area contributed by atoms with Crippen molar-refractivity contribution in [3.05, 3.63) is 40.9 Å². The van der Waals surface area contributed by atoms with Crippen molar-refractivity contribution in [1.29, 1.82) is 0 Å². The average Bonchev–Trinajstić information content (AvgIpc) is 3.14. The zero-order chi connectivity index (χ0) is 21.3. The Labute approximate surface area is 178 Å². The third kappa shape index (κ3) is 4.38. The Morgan fingerprint density at radius 2 is 1.90 bits per heavy atom. The van der Waals surface area contributed by atoms with Crippen molar-refractivity contribution in [2.45, 2.75) is 64.1 Å². The van der Waals surface area contributed by atoms with Gasteiger partial charge in [0, 0.05) is 57.4 Å². The highest BCUT2D eigenvalue weighted by molar-refractivity contribution is 6.76. The molecule has 0 saturated heterocycles. The average molecular weight is 428 g/mol. The van der Waals surface area contributed by atoms with E-state index in [2.05, 4.69) is 35.3 Å². The van der Waals surface area contributed by atoms with E-state index in [9.17, 15) is 9.90 Å². The van der Waals surface area contributed by atoms with Gasteiger partial charge in [0.1, 0.15) is 12.4 Å². The monoisotopic (exact) mass is 427 g/mol. The van der Waals surface area contributed by atoms with E-state index in [1.165, 1.54) is 0 Å². The quantitative estimate of drug-likeness (QED) is 0.449. The molecule has 0 aliphatic heterocycles. The molecule has 0 spiro atoms. The second-order valence-corrected chi connectivity index (χ2v) is 15.5. The van der Waals surface area contributed by atoms with Gasteiger partial charge >= 0.3 is 0 Å². The van der Waals surface area contributed by atoms with Crippen LogP contribution in [0.15, 0.2) is 35.5 Å². The molecule has 1 aliphatic rings. The molecule has 0 radical (unpaired) electrons. The van der Waals surface area contributed by atoms with Crippen LogP contribution in [0.4, 0.5) is 0 Å². The molecule has 0 amide bonds. The second kappa shape index (κ2) is 8.65. The number of aliphatic hydroxyl groups is 1. The van der Waals surface area contributed by atoms with Crippen LogP contribution in [0.5, 0.6) is 0 Å². The van der Waals surface area contributed by atoms with Gasteiger partial charge in [0.05, 0.1) is 10.9 Å². The Morgan fingerprint density at radius 1 is 1.13 bits per heavy atom. The summed E-state index contributed by atoms with van der Waals surface area (Å²) >= 11 is 0. The highest BCUT2D eigenvalue weighted by Gasteiger charge is 2.23. The van der Waals surface area contributed by atoms with Crippen LogP contribution in [-0.2, 0) is 11.5 Å². The van der Waals surface area contributed by atoms with E-state index in [0.717, 1.165) is 54.9 Å². The molecular weight excluding hydrogens is 394 g/mol. The summed E-state index contributed by atoms with van der Waals surface area (Å²) in [6, 6.07) is 5.20. The maximum absolute atomic E-state index is 12.6. The lowest BCUT2D eigenvalue weighted by atomic mass is 9.86. The maximum atomic E-state index is 12.6. The van der Waals surface area contributed by atoms with Crippen molar-refractivity contribution in [1.82, 2.24) is 14.1 Å². The first-order valence-electron chi connectivity index (χ1n) is 11.0. The lowest BCUT2D eigenvalue weighted by Crippen LogP contribution is -2.22. The van der Waals surface area contributed by atoms with Crippen LogP contribution >= 0.6 is 0 Å². The molecule has 0 bridgehead atoms. The number of hydrogen-bond acceptors (Lipinski definition) is 4. The summed E-state index contributed by atoms with van der Waals surface area (Å²) in [7, 11) is -1.11. The van der Waals surface area contributed by atoms with Crippen LogP contribution in [0.3, 0.4) is 0 Å². The van der Waals surface area contributed by atoms with Gasteiger partial charge in [-0.2, -0.15) is 0 Å². The van der Waals surface area contributed by atoms with Gasteiger partial charge in [-0.1, -0.05) is 19.6 Å². The molecule has 3 heterocycles. The van der Waals surface area contributed by atoms with Gasteiger partial charge in [-0.25, -0.2) is 4.98 Å². The lowest BCUT2D eigenvalue weighted by Gasteiger charge is -2.30. The van der Waals surface area contributed by atoms with E-state index < -0.39 is 8.07 Å². The largest absolute Gasteiger partial charge is 0.396 e. The summed E-state index contributed by atoms with van der Waals surface area (Å²) in [5.74, 6) is 0.406. The first kappa shape index (κ1) is 21.3. The fourth-order valence-corrected chi connectivity index (χ4v) is 5.21. The number of nitrogens with zero attached hydrogens (tertiary/aromatic N) is 3. The SMILES string of the molecule is C[Si](C)(C)CCOCn1ccc2c1ncc1c(=O)ccn(C3CCC(CO)CC3)c12. The highest BCUT2D eigenvalue weighted by Crippen LogP contribution is 2.35. The van der Waals surface area contributed by atoms with E-state index >= 15 is 0 Å². The topological polar surface area (TPSA) is 69.3 Å². The summed E-state index contributed by atoms with van der Waals surface area (Å²) < 4.78 is 10.2. The summed E-state index contributed by atoms with van der Waals surface area (Å²) in [5.41, 5.74) is 1.85. The minimum Gasteiger partial charge on any atom is -0.396 e. The number of ether oxygens (including phenoxy) is 1. The molecule has 0 unspecified atom stereocenters. The van der Waals surface area contributed by atoms with E-state index in [1.54, 1.807) is 12.3 Å². The zero-order valence-corrected chi connectivity index (χ0v) is 19.3. The highest BCUT2D eigenvalue weighted by atomic mass is 28.3. The molecule has 6 nitrogen and oxygen atoms in total. The number of aliphatic hydroxyl groups excluding tert-OH is 1. The number of rotatable bonds is 7. The lowest BCUT2D eigenvalue weighted by molar-refractivity contribution is 0.0899. The van der Waals surface area contributed by atoms with Gasteiger partial charge in [-0.15, -0.1) is 0 Å². The first-order valence-corrected chi connectivity index (χ1v) is 14.8. The molecule has 4 rings (SSSR count). The Hall–Kier alpha value is -1.96. The molecule has 1 aliphatic carbocycles. The summed E-state index contributed by atoms with van der Waals surface area (Å²) in [4.78, 5) is 17.2. The number of hydrogen-bond donors (Lipinski definition) is 1. The minimum absolute atomic E-state index is 0.0128. The summed E-state index contributed by atoms with van der Waals surface area (Å²) in [6.45, 7) is 8.56. The van der Waals surface area contributed by atoms with Crippen molar-refractivity contribution in [2.24, 2.45) is 5.92 Å². The molecule has 0 aromatic carbocycles.